The van der Waals surface area contributed by atoms with E-state index in [4.69, 9.17) is 11.6 Å². The van der Waals surface area contributed by atoms with E-state index in [9.17, 15) is 9.59 Å². The molecule has 0 saturated carbocycles. The first-order valence-electron chi connectivity index (χ1n) is 9.30. The molecule has 3 N–H and O–H groups in total. The SMILES string of the molecule is CC(C)CNC(CC1(c2ccccc2Cl)CC(=O)NC1=O)NCC(C)C. The van der Waals surface area contributed by atoms with Crippen molar-refractivity contribution in [3.63, 3.8) is 0 Å². The summed E-state index contributed by atoms with van der Waals surface area (Å²) in [6, 6.07) is 7.31. The molecule has 0 aliphatic carbocycles. The van der Waals surface area contributed by atoms with Crippen LogP contribution in [-0.2, 0) is 15.0 Å². The van der Waals surface area contributed by atoms with E-state index < -0.39 is 5.41 Å². The van der Waals surface area contributed by atoms with Crippen molar-refractivity contribution in [2.24, 2.45) is 11.8 Å². The van der Waals surface area contributed by atoms with E-state index in [0.717, 1.165) is 13.1 Å². The van der Waals surface area contributed by atoms with Crippen molar-refractivity contribution >= 4 is 23.4 Å². The lowest BCUT2D eigenvalue weighted by Crippen LogP contribution is -2.51. The smallest absolute Gasteiger partial charge is 0.237 e. The zero-order valence-corrected chi connectivity index (χ0v) is 16.8. The second-order valence-electron chi connectivity index (χ2n) is 7.98. The van der Waals surface area contributed by atoms with Gasteiger partial charge in [0.05, 0.1) is 11.6 Å². The lowest BCUT2D eigenvalue weighted by Gasteiger charge is -2.33. The van der Waals surface area contributed by atoms with E-state index >= 15 is 0 Å². The molecule has 26 heavy (non-hydrogen) atoms. The second-order valence-corrected chi connectivity index (χ2v) is 8.38. The Hall–Kier alpha value is -1.43. The van der Waals surface area contributed by atoms with Crippen LogP contribution in [0.25, 0.3) is 0 Å². The van der Waals surface area contributed by atoms with Gasteiger partial charge in [-0.1, -0.05) is 57.5 Å². The minimum atomic E-state index is -0.950. The van der Waals surface area contributed by atoms with Crippen molar-refractivity contribution in [3.05, 3.63) is 34.9 Å². The summed E-state index contributed by atoms with van der Waals surface area (Å²) in [4.78, 5) is 24.9. The average Bonchev–Trinajstić information content (AvgIpc) is 2.84. The summed E-state index contributed by atoms with van der Waals surface area (Å²) >= 11 is 6.41. The molecule has 5 nitrogen and oxygen atoms in total. The van der Waals surface area contributed by atoms with Crippen molar-refractivity contribution < 1.29 is 9.59 Å². The van der Waals surface area contributed by atoms with Crippen molar-refractivity contribution in [2.45, 2.75) is 52.1 Å². The predicted octanol–water partition coefficient (Wildman–Crippen LogP) is 2.83. The van der Waals surface area contributed by atoms with Crippen LogP contribution in [0.2, 0.25) is 5.02 Å². The van der Waals surface area contributed by atoms with Gasteiger partial charge in [-0.2, -0.15) is 0 Å². The Morgan fingerprint density at radius 2 is 1.65 bits per heavy atom. The van der Waals surface area contributed by atoms with Crippen LogP contribution in [0.15, 0.2) is 24.3 Å². The van der Waals surface area contributed by atoms with E-state index in [2.05, 4.69) is 43.6 Å². The molecule has 1 heterocycles. The summed E-state index contributed by atoms with van der Waals surface area (Å²) in [5.74, 6) is 0.446. The molecule has 6 heteroatoms. The minimum Gasteiger partial charge on any atom is -0.302 e. The Kier molecular flexibility index (Phi) is 7.21. The van der Waals surface area contributed by atoms with Crippen molar-refractivity contribution in [1.29, 1.82) is 0 Å². The maximum atomic E-state index is 12.8. The third-order valence-electron chi connectivity index (χ3n) is 4.64. The molecule has 1 aromatic rings. The monoisotopic (exact) mass is 379 g/mol. The number of hydrogen-bond acceptors (Lipinski definition) is 4. The molecule has 1 unspecified atom stereocenters. The number of imide groups is 1. The number of nitrogens with one attached hydrogen (secondary N) is 3. The van der Waals surface area contributed by atoms with Crippen LogP contribution in [0.1, 0.15) is 46.1 Å². The summed E-state index contributed by atoms with van der Waals surface area (Å²) in [5.41, 5.74) is -0.235. The molecule has 1 aliphatic heterocycles. The van der Waals surface area contributed by atoms with Crippen LogP contribution < -0.4 is 16.0 Å². The molecule has 0 aromatic heterocycles. The maximum Gasteiger partial charge on any atom is 0.237 e. The molecule has 1 fully saturated rings. The second kappa shape index (κ2) is 8.98. The number of hydrogen-bond donors (Lipinski definition) is 3. The molecule has 2 amide bonds. The number of benzene rings is 1. The fourth-order valence-electron chi connectivity index (χ4n) is 3.31. The molecule has 1 aliphatic rings. The quantitative estimate of drug-likeness (QED) is 0.456. The maximum absolute atomic E-state index is 12.8. The van der Waals surface area contributed by atoms with Gasteiger partial charge in [0.25, 0.3) is 0 Å². The Balaban J connectivity index is 2.33. The summed E-state index contributed by atoms with van der Waals surface area (Å²) in [7, 11) is 0. The highest BCUT2D eigenvalue weighted by Crippen LogP contribution is 2.40. The van der Waals surface area contributed by atoms with Gasteiger partial charge in [0.1, 0.15) is 0 Å². The molecule has 0 spiro atoms. The lowest BCUT2D eigenvalue weighted by molar-refractivity contribution is -0.126. The van der Waals surface area contributed by atoms with Gasteiger partial charge in [0.2, 0.25) is 11.8 Å². The molecule has 0 bridgehead atoms. The number of rotatable bonds is 9. The first-order valence-corrected chi connectivity index (χ1v) is 9.68. The van der Waals surface area contributed by atoms with Crippen molar-refractivity contribution in [2.75, 3.05) is 13.1 Å². The Morgan fingerprint density at radius 1 is 1.08 bits per heavy atom. The highest BCUT2D eigenvalue weighted by atomic mass is 35.5. The van der Waals surface area contributed by atoms with Gasteiger partial charge in [0.15, 0.2) is 0 Å². The molecular weight excluding hydrogens is 350 g/mol. The predicted molar refractivity (Wildman–Crippen MR) is 105 cm³/mol. The van der Waals surface area contributed by atoms with Crippen LogP contribution in [0.3, 0.4) is 0 Å². The Bertz CT molecular complexity index is 636. The average molecular weight is 380 g/mol. The number of amides is 2. The fourth-order valence-corrected chi connectivity index (χ4v) is 3.62. The van der Waals surface area contributed by atoms with Crippen molar-refractivity contribution in [1.82, 2.24) is 16.0 Å². The van der Waals surface area contributed by atoms with Crippen LogP contribution in [0.5, 0.6) is 0 Å². The van der Waals surface area contributed by atoms with E-state index in [1.807, 2.05) is 18.2 Å². The molecule has 1 aromatic carbocycles. The largest absolute Gasteiger partial charge is 0.302 e. The lowest BCUT2D eigenvalue weighted by atomic mass is 9.75. The normalized spacial score (nSPS) is 20.5. The molecular formula is C20H30ClN3O2. The fraction of sp³-hybridized carbons (Fsp3) is 0.600. The minimum absolute atomic E-state index is 0.0901. The Morgan fingerprint density at radius 3 is 2.12 bits per heavy atom. The molecule has 144 valence electrons. The van der Waals surface area contributed by atoms with Crippen LogP contribution >= 0.6 is 11.6 Å². The van der Waals surface area contributed by atoms with Gasteiger partial charge in [-0.3, -0.25) is 14.9 Å². The number of carbonyl (C=O) groups is 2. The summed E-state index contributed by atoms with van der Waals surface area (Å²) in [6.45, 7) is 10.2. The van der Waals surface area contributed by atoms with Crippen molar-refractivity contribution in [3.8, 4) is 0 Å². The van der Waals surface area contributed by atoms with Gasteiger partial charge < -0.3 is 10.6 Å². The van der Waals surface area contributed by atoms with Gasteiger partial charge in [0, 0.05) is 11.4 Å². The standard InChI is InChI=1S/C20H30ClN3O2/c1-13(2)11-22-17(23-12-14(3)4)9-20(10-18(25)24-19(20)26)15-7-5-6-8-16(15)21/h5-8,13-14,17,22-23H,9-12H2,1-4H3,(H,24,25,26). The van der Waals surface area contributed by atoms with Crippen LogP contribution in [-0.4, -0.2) is 31.1 Å². The molecule has 2 rings (SSSR count). The van der Waals surface area contributed by atoms with Gasteiger partial charge >= 0.3 is 0 Å². The zero-order chi connectivity index (χ0) is 19.3. The third-order valence-corrected chi connectivity index (χ3v) is 4.97. The first kappa shape index (κ1) is 20.9. The molecule has 1 atom stereocenters. The van der Waals surface area contributed by atoms with E-state index in [1.54, 1.807) is 6.07 Å². The zero-order valence-electron chi connectivity index (χ0n) is 16.1. The van der Waals surface area contributed by atoms with Crippen LogP contribution in [0, 0.1) is 11.8 Å². The first-order chi connectivity index (χ1) is 12.2. The third kappa shape index (κ3) is 5.06. The van der Waals surface area contributed by atoms with Crippen LogP contribution in [0.4, 0.5) is 0 Å². The molecule has 0 radical (unpaired) electrons. The van der Waals surface area contributed by atoms with E-state index in [0.29, 0.717) is 28.8 Å². The topological polar surface area (TPSA) is 70.2 Å². The number of carbonyl (C=O) groups excluding carboxylic acids is 2. The molecule has 1 saturated heterocycles. The van der Waals surface area contributed by atoms with E-state index in [1.165, 1.54) is 0 Å². The van der Waals surface area contributed by atoms with Gasteiger partial charge in [-0.05, 0) is 43.0 Å². The summed E-state index contributed by atoms with van der Waals surface area (Å²) < 4.78 is 0. The highest BCUT2D eigenvalue weighted by molar-refractivity contribution is 6.32. The highest BCUT2D eigenvalue weighted by Gasteiger charge is 2.50. The van der Waals surface area contributed by atoms with E-state index in [-0.39, 0.29) is 24.4 Å². The summed E-state index contributed by atoms with van der Waals surface area (Å²) in [5, 5.41) is 10.0. The van der Waals surface area contributed by atoms with Gasteiger partial charge in [-0.25, -0.2) is 0 Å². The van der Waals surface area contributed by atoms with Gasteiger partial charge in [-0.15, -0.1) is 0 Å². The number of halogens is 1. The Labute approximate surface area is 161 Å². The summed E-state index contributed by atoms with van der Waals surface area (Å²) in [6.07, 6.45) is 0.500.